The lowest BCUT2D eigenvalue weighted by molar-refractivity contribution is 0.138. The Hall–Kier alpha value is -0.350. The highest BCUT2D eigenvalue weighted by Gasteiger charge is 2.25. The molecule has 0 radical (unpaired) electrons. The van der Waals surface area contributed by atoms with Crippen molar-refractivity contribution in [2.24, 2.45) is 0 Å². The Morgan fingerprint density at radius 2 is 2.17 bits per heavy atom. The van der Waals surface area contributed by atoms with E-state index in [0.717, 1.165) is 48.9 Å². The van der Waals surface area contributed by atoms with E-state index in [0.29, 0.717) is 11.2 Å². The van der Waals surface area contributed by atoms with Gasteiger partial charge in [-0.2, -0.15) is 0 Å². The molecule has 2 rings (SSSR count). The van der Waals surface area contributed by atoms with E-state index in [1.807, 2.05) is 13.0 Å². The van der Waals surface area contributed by atoms with Gasteiger partial charge < -0.3 is 5.32 Å². The van der Waals surface area contributed by atoms with E-state index >= 15 is 0 Å². The van der Waals surface area contributed by atoms with Gasteiger partial charge in [0.05, 0.1) is 0 Å². The van der Waals surface area contributed by atoms with Crippen LogP contribution in [0.5, 0.6) is 0 Å². The normalized spacial score (nSPS) is 16.1. The second-order valence-electron chi connectivity index (χ2n) is 4.80. The van der Waals surface area contributed by atoms with Crippen LogP contribution < -0.4 is 5.32 Å². The quantitative estimate of drug-likeness (QED) is 0.844. The molecule has 1 aromatic rings. The second kappa shape index (κ2) is 6.20. The zero-order valence-electron chi connectivity index (χ0n) is 10.8. The molecule has 1 aliphatic heterocycles. The van der Waals surface area contributed by atoms with E-state index in [1.165, 1.54) is 0 Å². The van der Waals surface area contributed by atoms with Crippen LogP contribution >= 0.6 is 23.2 Å². The molecule has 0 bridgehead atoms. The summed E-state index contributed by atoms with van der Waals surface area (Å²) in [5.74, 6) is 0. The van der Waals surface area contributed by atoms with Crippen molar-refractivity contribution in [3.8, 4) is 0 Å². The lowest BCUT2D eigenvalue weighted by Crippen LogP contribution is -2.57. The Bertz CT molecular complexity index is 396. The second-order valence-corrected chi connectivity index (χ2v) is 5.56. The monoisotopic (exact) mass is 287 g/mol. The summed E-state index contributed by atoms with van der Waals surface area (Å²) in [6, 6.07) is 2.48. The van der Waals surface area contributed by atoms with E-state index < -0.39 is 0 Å². The van der Waals surface area contributed by atoms with E-state index in [9.17, 15) is 0 Å². The van der Waals surface area contributed by atoms with Crippen molar-refractivity contribution in [2.45, 2.75) is 32.9 Å². The van der Waals surface area contributed by atoms with Crippen LogP contribution in [0.15, 0.2) is 6.07 Å². The maximum Gasteiger partial charge on any atom is 0.135 e. The molecule has 0 spiro atoms. The van der Waals surface area contributed by atoms with Gasteiger partial charge in [-0.05, 0) is 26.0 Å². The molecule has 0 unspecified atom stereocenters. The van der Waals surface area contributed by atoms with E-state index in [1.54, 1.807) is 0 Å². The Kier molecular flexibility index (Phi) is 4.84. The Balaban J connectivity index is 2.15. The maximum absolute atomic E-state index is 6.28. The number of aryl methyl sites for hydroxylation is 1. The van der Waals surface area contributed by atoms with Crippen molar-refractivity contribution in [1.29, 1.82) is 0 Å². The van der Waals surface area contributed by atoms with Crippen molar-refractivity contribution < 1.29 is 0 Å². The Morgan fingerprint density at radius 3 is 2.67 bits per heavy atom. The third-order valence-corrected chi connectivity index (χ3v) is 3.95. The van der Waals surface area contributed by atoms with Gasteiger partial charge in [0.2, 0.25) is 0 Å². The number of halogens is 2. The van der Waals surface area contributed by atoms with Crippen LogP contribution in [0.1, 0.15) is 24.6 Å². The lowest BCUT2D eigenvalue weighted by Gasteiger charge is -2.38. The zero-order valence-corrected chi connectivity index (χ0v) is 12.4. The van der Waals surface area contributed by atoms with Crippen LogP contribution in [-0.4, -0.2) is 35.6 Å². The predicted molar refractivity (Wildman–Crippen MR) is 76.4 cm³/mol. The summed E-state index contributed by atoms with van der Waals surface area (Å²) in [5, 5.41) is 4.56. The van der Waals surface area contributed by atoms with Gasteiger partial charge >= 0.3 is 0 Å². The molecular weight excluding hydrogens is 269 g/mol. The largest absolute Gasteiger partial charge is 0.314 e. The first-order chi connectivity index (χ1) is 8.61. The van der Waals surface area contributed by atoms with Gasteiger partial charge in [-0.1, -0.05) is 30.1 Å². The van der Waals surface area contributed by atoms with Crippen LogP contribution in [0, 0.1) is 6.92 Å². The molecule has 2 heterocycles. The minimum Gasteiger partial charge on any atom is -0.314 e. The molecular formula is C13H19Cl2N3. The average Bonchev–Trinajstić information content (AvgIpc) is 2.20. The Labute approximate surface area is 118 Å². The number of nitrogens with one attached hydrogen (secondary N) is 1. The summed E-state index contributed by atoms with van der Waals surface area (Å²) in [6.07, 6.45) is 1.13. The van der Waals surface area contributed by atoms with Crippen molar-refractivity contribution in [1.82, 2.24) is 15.2 Å². The van der Waals surface area contributed by atoms with E-state index in [2.05, 4.69) is 22.1 Å². The van der Waals surface area contributed by atoms with Gasteiger partial charge in [-0.3, -0.25) is 4.90 Å². The molecule has 1 saturated heterocycles. The average molecular weight is 288 g/mol. The summed E-state index contributed by atoms with van der Waals surface area (Å²) in [7, 11) is 0. The number of rotatable bonds is 5. The molecule has 1 N–H and O–H groups in total. The lowest BCUT2D eigenvalue weighted by atomic mass is 10.1. The van der Waals surface area contributed by atoms with Gasteiger partial charge in [-0.25, -0.2) is 4.98 Å². The summed E-state index contributed by atoms with van der Waals surface area (Å²) in [4.78, 5) is 6.72. The molecule has 18 heavy (non-hydrogen) atoms. The number of aromatic nitrogens is 1. The van der Waals surface area contributed by atoms with Gasteiger partial charge in [0, 0.05) is 42.0 Å². The first kappa shape index (κ1) is 14.1. The molecule has 1 fully saturated rings. The number of nitrogens with zero attached hydrogens (tertiary/aromatic N) is 2. The van der Waals surface area contributed by atoms with E-state index in [-0.39, 0.29) is 0 Å². The van der Waals surface area contributed by atoms with Crippen LogP contribution in [0.25, 0.3) is 0 Å². The summed E-state index contributed by atoms with van der Waals surface area (Å²) >= 11 is 12.5. The first-order valence-electron chi connectivity index (χ1n) is 6.38. The highest BCUT2D eigenvalue weighted by molar-refractivity contribution is 6.35. The van der Waals surface area contributed by atoms with E-state index in [4.69, 9.17) is 23.2 Å². The standard InChI is InChI=1S/C13H19Cl2N3/c1-3-4-18(10-6-16-7-10)8-11-12(14)5-9(2)17-13(11)15/h5,10,16H,3-4,6-8H2,1-2H3. The third-order valence-electron chi connectivity index (χ3n) is 3.30. The molecule has 0 amide bonds. The molecule has 0 aliphatic carbocycles. The fourth-order valence-electron chi connectivity index (χ4n) is 2.18. The molecule has 3 nitrogen and oxygen atoms in total. The van der Waals surface area contributed by atoms with Gasteiger partial charge in [0.15, 0.2) is 0 Å². The van der Waals surface area contributed by atoms with Crippen LogP contribution in [0.2, 0.25) is 10.2 Å². The van der Waals surface area contributed by atoms with Crippen molar-refractivity contribution in [3.63, 3.8) is 0 Å². The molecule has 0 saturated carbocycles. The minimum absolute atomic E-state index is 0.536. The number of hydrogen-bond acceptors (Lipinski definition) is 3. The van der Waals surface area contributed by atoms with Gasteiger partial charge in [0.1, 0.15) is 5.15 Å². The number of hydrogen-bond donors (Lipinski definition) is 1. The van der Waals surface area contributed by atoms with Crippen LogP contribution in [-0.2, 0) is 6.54 Å². The summed E-state index contributed by atoms with van der Waals surface area (Å²) in [5.41, 5.74) is 1.81. The smallest absolute Gasteiger partial charge is 0.135 e. The van der Waals surface area contributed by atoms with Crippen molar-refractivity contribution in [2.75, 3.05) is 19.6 Å². The highest BCUT2D eigenvalue weighted by atomic mass is 35.5. The molecule has 1 aliphatic rings. The van der Waals surface area contributed by atoms with Crippen molar-refractivity contribution >= 4 is 23.2 Å². The number of pyridine rings is 1. The topological polar surface area (TPSA) is 28.2 Å². The summed E-state index contributed by atoms with van der Waals surface area (Å²) in [6.45, 7) is 8.04. The predicted octanol–water partition coefficient (Wildman–Crippen LogP) is 2.88. The SMILES string of the molecule is CCCN(Cc1c(Cl)cc(C)nc1Cl)C1CNC1. The minimum atomic E-state index is 0.536. The molecule has 0 atom stereocenters. The summed E-state index contributed by atoms with van der Waals surface area (Å²) < 4.78 is 0. The third kappa shape index (κ3) is 3.15. The van der Waals surface area contributed by atoms with Crippen LogP contribution in [0.3, 0.4) is 0 Å². The molecule has 100 valence electrons. The fourth-order valence-corrected chi connectivity index (χ4v) is 2.83. The Morgan fingerprint density at radius 1 is 1.44 bits per heavy atom. The first-order valence-corrected chi connectivity index (χ1v) is 7.13. The highest BCUT2D eigenvalue weighted by Crippen LogP contribution is 2.26. The molecule has 0 aromatic carbocycles. The van der Waals surface area contributed by atoms with Gasteiger partial charge in [0.25, 0.3) is 0 Å². The zero-order chi connectivity index (χ0) is 13.1. The van der Waals surface area contributed by atoms with Gasteiger partial charge in [-0.15, -0.1) is 0 Å². The van der Waals surface area contributed by atoms with Crippen LogP contribution in [0.4, 0.5) is 0 Å². The molecule has 5 heteroatoms. The molecule has 1 aromatic heterocycles. The van der Waals surface area contributed by atoms with Crippen molar-refractivity contribution in [3.05, 3.63) is 27.5 Å². The maximum atomic E-state index is 6.28. The fraction of sp³-hybridized carbons (Fsp3) is 0.615.